The summed E-state index contributed by atoms with van der Waals surface area (Å²) in [7, 11) is 0. The molecule has 1 aromatic rings. The van der Waals surface area contributed by atoms with Crippen LogP contribution in [0.25, 0.3) is 0 Å². The number of hydrogen-bond acceptors (Lipinski definition) is 3. The van der Waals surface area contributed by atoms with Gasteiger partial charge in [-0.1, -0.05) is 13.8 Å². The van der Waals surface area contributed by atoms with Crippen LogP contribution in [0.15, 0.2) is 24.3 Å². The Morgan fingerprint density at radius 3 is 2.24 bits per heavy atom. The number of nitrogens with one attached hydrogen (secondary N) is 1. The van der Waals surface area contributed by atoms with Crippen molar-refractivity contribution in [1.82, 2.24) is 5.32 Å². The SMILES string of the molecule is CCC(N)(CC)CNC(=O)c1ccc(OC(F)F)cc1.Cl. The molecule has 0 aromatic heterocycles. The maximum absolute atomic E-state index is 12.0. The van der Waals surface area contributed by atoms with Crippen molar-refractivity contribution in [3.63, 3.8) is 0 Å². The van der Waals surface area contributed by atoms with Gasteiger partial charge in [0.25, 0.3) is 5.91 Å². The minimum Gasteiger partial charge on any atom is -0.435 e. The summed E-state index contributed by atoms with van der Waals surface area (Å²) in [5.41, 5.74) is 6.04. The van der Waals surface area contributed by atoms with Gasteiger partial charge in [0.1, 0.15) is 5.75 Å². The van der Waals surface area contributed by atoms with Crippen molar-refractivity contribution in [1.29, 1.82) is 0 Å². The van der Waals surface area contributed by atoms with Crippen LogP contribution in [0.4, 0.5) is 8.78 Å². The molecule has 1 rings (SSSR count). The summed E-state index contributed by atoms with van der Waals surface area (Å²) in [6, 6.07) is 5.53. The van der Waals surface area contributed by atoms with Gasteiger partial charge >= 0.3 is 6.61 Å². The zero-order chi connectivity index (χ0) is 15.2. The maximum atomic E-state index is 12.0. The van der Waals surface area contributed by atoms with Crippen molar-refractivity contribution in [2.45, 2.75) is 38.8 Å². The van der Waals surface area contributed by atoms with Crippen molar-refractivity contribution >= 4 is 18.3 Å². The lowest BCUT2D eigenvalue weighted by Crippen LogP contribution is -2.49. The molecule has 0 saturated carbocycles. The van der Waals surface area contributed by atoms with Gasteiger partial charge in [0.05, 0.1) is 0 Å². The van der Waals surface area contributed by atoms with E-state index in [0.717, 1.165) is 12.8 Å². The van der Waals surface area contributed by atoms with Crippen LogP contribution < -0.4 is 15.8 Å². The largest absolute Gasteiger partial charge is 0.435 e. The Kier molecular flexibility index (Phi) is 8.21. The number of hydrogen-bond donors (Lipinski definition) is 2. The van der Waals surface area contributed by atoms with E-state index in [1.807, 2.05) is 13.8 Å². The van der Waals surface area contributed by atoms with Crippen LogP contribution >= 0.6 is 12.4 Å². The average Bonchev–Trinajstić information content (AvgIpc) is 2.44. The van der Waals surface area contributed by atoms with Crippen LogP contribution in [0.2, 0.25) is 0 Å². The standard InChI is InChI=1S/C14H20F2N2O2.ClH/c1-3-14(17,4-2)9-18-12(19)10-5-7-11(8-6-10)20-13(15)16;/h5-8,13H,3-4,9,17H2,1-2H3,(H,18,19);1H. The molecule has 0 aliphatic carbocycles. The van der Waals surface area contributed by atoms with Crippen LogP contribution in [0, 0.1) is 0 Å². The highest BCUT2D eigenvalue weighted by Gasteiger charge is 2.21. The molecule has 0 aliphatic heterocycles. The molecule has 1 amide bonds. The molecule has 0 fully saturated rings. The second-order valence-electron chi connectivity index (χ2n) is 4.66. The lowest BCUT2D eigenvalue weighted by atomic mass is 9.94. The highest BCUT2D eigenvalue weighted by Crippen LogP contribution is 2.15. The molecule has 4 nitrogen and oxygen atoms in total. The summed E-state index contributed by atoms with van der Waals surface area (Å²) in [6.07, 6.45) is 1.51. The molecule has 0 atom stereocenters. The van der Waals surface area contributed by atoms with Crippen LogP contribution in [-0.4, -0.2) is 24.6 Å². The summed E-state index contributed by atoms with van der Waals surface area (Å²) < 4.78 is 28.2. The van der Waals surface area contributed by atoms with E-state index < -0.39 is 12.2 Å². The van der Waals surface area contributed by atoms with Crippen molar-refractivity contribution in [2.24, 2.45) is 5.73 Å². The Labute approximate surface area is 129 Å². The monoisotopic (exact) mass is 322 g/mol. The molecule has 1 aromatic carbocycles. The van der Waals surface area contributed by atoms with Gasteiger partial charge in [0.15, 0.2) is 0 Å². The Bertz CT molecular complexity index is 437. The van der Waals surface area contributed by atoms with Gasteiger partial charge in [0, 0.05) is 17.6 Å². The molecule has 0 bridgehead atoms. The maximum Gasteiger partial charge on any atom is 0.387 e. The molecule has 0 unspecified atom stereocenters. The predicted octanol–water partition coefficient (Wildman–Crippen LogP) is 2.96. The summed E-state index contributed by atoms with van der Waals surface area (Å²) in [6.45, 7) is 1.42. The zero-order valence-corrected chi connectivity index (χ0v) is 12.9. The van der Waals surface area contributed by atoms with Crippen LogP contribution in [-0.2, 0) is 0 Å². The number of nitrogens with two attached hydrogens (primary N) is 1. The second kappa shape index (κ2) is 8.79. The van der Waals surface area contributed by atoms with Crippen molar-refractivity contribution in [2.75, 3.05) is 6.54 Å². The fourth-order valence-corrected chi connectivity index (χ4v) is 1.65. The number of alkyl halides is 2. The van der Waals surface area contributed by atoms with Gasteiger partial charge in [-0.15, -0.1) is 12.4 Å². The third kappa shape index (κ3) is 6.27. The Morgan fingerprint density at radius 2 is 1.81 bits per heavy atom. The van der Waals surface area contributed by atoms with Gasteiger partial charge in [-0.3, -0.25) is 4.79 Å². The highest BCUT2D eigenvalue weighted by molar-refractivity contribution is 5.94. The van der Waals surface area contributed by atoms with E-state index in [-0.39, 0.29) is 24.1 Å². The summed E-state index contributed by atoms with van der Waals surface area (Å²) in [4.78, 5) is 11.9. The smallest absolute Gasteiger partial charge is 0.387 e. The van der Waals surface area contributed by atoms with Crippen molar-refractivity contribution in [3.8, 4) is 5.75 Å². The number of carbonyl (C=O) groups is 1. The molecule has 0 saturated heterocycles. The first kappa shape index (κ1) is 19.6. The van der Waals surface area contributed by atoms with Gasteiger partial charge < -0.3 is 15.8 Å². The Morgan fingerprint density at radius 1 is 1.29 bits per heavy atom. The normalized spacial score (nSPS) is 11.0. The molecule has 7 heteroatoms. The summed E-state index contributed by atoms with van der Waals surface area (Å²) in [5, 5.41) is 2.75. The first-order valence-electron chi connectivity index (χ1n) is 6.52. The molecule has 0 spiro atoms. The van der Waals surface area contributed by atoms with Gasteiger partial charge in [-0.25, -0.2) is 0 Å². The van der Waals surface area contributed by atoms with E-state index in [9.17, 15) is 13.6 Å². The lowest BCUT2D eigenvalue weighted by molar-refractivity contribution is -0.0498. The number of halogens is 3. The van der Waals surface area contributed by atoms with Crippen LogP contribution in [0.5, 0.6) is 5.75 Å². The van der Waals surface area contributed by atoms with E-state index in [4.69, 9.17) is 5.73 Å². The number of ether oxygens (including phenoxy) is 1. The van der Waals surface area contributed by atoms with E-state index in [2.05, 4.69) is 10.1 Å². The van der Waals surface area contributed by atoms with Gasteiger partial charge in [-0.2, -0.15) is 8.78 Å². The van der Waals surface area contributed by atoms with E-state index in [1.165, 1.54) is 24.3 Å². The van der Waals surface area contributed by atoms with Gasteiger partial charge in [0.2, 0.25) is 0 Å². The average molecular weight is 323 g/mol. The molecule has 0 radical (unpaired) electrons. The van der Waals surface area contributed by atoms with E-state index in [0.29, 0.717) is 12.1 Å². The topological polar surface area (TPSA) is 64.3 Å². The molecule has 120 valence electrons. The first-order chi connectivity index (χ1) is 9.40. The minimum absolute atomic E-state index is 0. The fraction of sp³-hybridized carbons (Fsp3) is 0.500. The third-order valence-electron chi connectivity index (χ3n) is 3.35. The molecular formula is C14H21ClF2N2O2. The number of carbonyl (C=O) groups excluding carboxylic acids is 1. The van der Waals surface area contributed by atoms with E-state index in [1.54, 1.807) is 0 Å². The Hall–Kier alpha value is -1.40. The molecule has 0 aliphatic rings. The lowest BCUT2D eigenvalue weighted by Gasteiger charge is -2.26. The number of rotatable bonds is 7. The van der Waals surface area contributed by atoms with Crippen molar-refractivity contribution < 1.29 is 18.3 Å². The van der Waals surface area contributed by atoms with Crippen LogP contribution in [0.1, 0.15) is 37.0 Å². The summed E-state index contributed by atoms with van der Waals surface area (Å²) >= 11 is 0. The minimum atomic E-state index is -2.87. The van der Waals surface area contributed by atoms with Gasteiger partial charge in [-0.05, 0) is 37.1 Å². The van der Waals surface area contributed by atoms with Crippen molar-refractivity contribution in [3.05, 3.63) is 29.8 Å². The van der Waals surface area contributed by atoms with E-state index >= 15 is 0 Å². The fourth-order valence-electron chi connectivity index (χ4n) is 1.65. The van der Waals surface area contributed by atoms with Crippen LogP contribution in [0.3, 0.4) is 0 Å². The molecule has 3 N–H and O–H groups in total. The molecular weight excluding hydrogens is 302 g/mol. The molecule has 0 heterocycles. The predicted molar refractivity (Wildman–Crippen MR) is 80.2 cm³/mol. The highest BCUT2D eigenvalue weighted by atomic mass is 35.5. The quantitative estimate of drug-likeness (QED) is 0.811. The summed E-state index contributed by atoms with van der Waals surface area (Å²) in [5.74, 6) is -0.267. The Balaban J connectivity index is 0.00000400. The zero-order valence-electron chi connectivity index (χ0n) is 12.1. The number of benzene rings is 1. The molecule has 21 heavy (non-hydrogen) atoms. The number of amides is 1. The first-order valence-corrected chi connectivity index (χ1v) is 6.52. The second-order valence-corrected chi connectivity index (χ2v) is 4.66. The third-order valence-corrected chi connectivity index (χ3v) is 3.35.